The first-order chi connectivity index (χ1) is 62.3. The third kappa shape index (κ3) is 12.5. The second kappa shape index (κ2) is 29.3. The Balaban J connectivity index is 0.000000137. The molecule has 8 aromatic heterocycles. The van der Waals surface area contributed by atoms with Crippen LogP contribution in [0.5, 0.6) is 0 Å². The van der Waals surface area contributed by atoms with Crippen LogP contribution in [0.1, 0.15) is 0 Å². The van der Waals surface area contributed by atoms with Crippen molar-refractivity contribution in [3.05, 3.63) is 400 Å². The molecule has 26 rings (SSSR count). The van der Waals surface area contributed by atoms with Crippen molar-refractivity contribution in [1.29, 1.82) is 0 Å². The number of aromatic nitrogens is 6. The van der Waals surface area contributed by atoms with Gasteiger partial charge in [0.05, 0.1) is 0 Å². The summed E-state index contributed by atoms with van der Waals surface area (Å²) >= 11 is 0. The molecule has 0 radical (unpaired) electrons. The molecular formula is C114H66N6O6. The Bertz CT molecular complexity index is 8630. The Hall–Kier alpha value is -17.2. The smallest absolute Gasteiger partial charge is 0.164 e. The van der Waals surface area contributed by atoms with Gasteiger partial charge in [0.2, 0.25) is 0 Å². The summed E-state index contributed by atoms with van der Waals surface area (Å²) in [5.41, 5.74) is 27.6. The second-order valence-corrected chi connectivity index (χ2v) is 31.9. The Kier molecular flexibility index (Phi) is 16.7. The van der Waals surface area contributed by atoms with Crippen molar-refractivity contribution >= 4 is 132 Å². The minimum atomic E-state index is 0.542. The topological polar surface area (TPSA) is 156 Å². The molecule has 0 aliphatic heterocycles. The van der Waals surface area contributed by atoms with E-state index in [4.69, 9.17) is 56.4 Å². The summed E-state index contributed by atoms with van der Waals surface area (Å²) in [6.07, 6.45) is 0. The second-order valence-electron chi connectivity index (χ2n) is 31.9. The minimum absolute atomic E-state index is 0.542. The minimum Gasteiger partial charge on any atom is -0.456 e. The van der Waals surface area contributed by atoms with Crippen LogP contribution in [0.25, 0.3) is 267 Å². The highest BCUT2D eigenvalue weighted by Crippen LogP contribution is 2.46. The fourth-order valence-corrected chi connectivity index (χ4v) is 18.2. The molecule has 0 fully saturated rings. The molecule has 0 saturated heterocycles. The van der Waals surface area contributed by atoms with Crippen LogP contribution in [0.15, 0.2) is 427 Å². The van der Waals surface area contributed by atoms with Gasteiger partial charge in [-0.25, -0.2) is 29.9 Å². The summed E-state index contributed by atoms with van der Waals surface area (Å²) in [5, 5.41) is 12.9. The maximum atomic E-state index is 6.62. The SMILES string of the molecule is c1ccc(-c2nc(-c3cccc(-c4ccc5oc6ccccc6c5c4)c3)nc(-c3cc(-c4ccc5oc6ccccc6c5c4)cc(-c4ccc5oc6ccccc6c5c4)c3)n2)cc1.c1ccc(-c2nc(-c3cccc(-c4cccc5c4oc4ccccc45)c3)nc(-c3cc(-c4cccc5c4oc4ccccc45)cc(-c4cccc5c4oc4ccccc45)c3)n2)cc1. The number of fused-ring (bicyclic) bond motifs is 18. The maximum Gasteiger partial charge on any atom is 0.164 e. The molecule has 8 heterocycles. The van der Waals surface area contributed by atoms with Crippen molar-refractivity contribution < 1.29 is 26.5 Å². The zero-order valence-electron chi connectivity index (χ0n) is 67.2. The lowest BCUT2D eigenvalue weighted by atomic mass is 9.94. The van der Waals surface area contributed by atoms with E-state index in [1.165, 1.54) is 0 Å². The Morgan fingerprint density at radius 3 is 0.722 bits per heavy atom. The van der Waals surface area contributed by atoms with E-state index >= 15 is 0 Å². The highest BCUT2D eigenvalue weighted by molar-refractivity contribution is 6.14. The lowest BCUT2D eigenvalue weighted by Crippen LogP contribution is -2.01. The third-order valence-corrected chi connectivity index (χ3v) is 24.2. The van der Waals surface area contributed by atoms with Crippen LogP contribution >= 0.6 is 0 Å². The normalized spacial score (nSPS) is 11.8. The Morgan fingerprint density at radius 1 is 0.119 bits per heavy atom. The first kappa shape index (κ1) is 71.7. The fourth-order valence-electron chi connectivity index (χ4n) is 18.2. The van der Waals surface area contributed by atoms with E-state index in [1.54, 1.807) is 0 Å². The van der Waals surface area contributed by atoms with E-state index in [0.29, 0.717) is 34.9 Å². The van der Waals surface area contributed by atoms with Crippen molar-refractivity contribution in [2.45, 2.75) is 0 Å². The standard InChI is InChI=1S/2C57H33N3O3/c1-2-14-34(15-3-1)55-58-56(36-17-10-16-35(30-36)40-21-11-24-46-43-18-4-7-27-49(43)61-52(40)46)60-57(59-55)39-32-37(41-22-12-25-47-44-19-5-8-28-50(44)62-53(41)47)31-38(33-39)42-23-13-26-48-45-20-6-9-29-51(45)63-54(42)48;1-2-11-34(12-3-1)55-58-56(39-14-10-13-35(27-39)36-21-24-52-46(31-36)43-15-4-7-18-49(43)61-52)60-57(59-55)42-29-40(37-22-25-53-47(32-37)44-16-5-8-19-50(44)62-53)28-41(30-42)38-23-26-54-48(33-38)45-17-6-9-20-51(45)63-54/h2*1-33H. The lowest BCUT2D eigenvalue weighted by molar-refractivity contribution is 0.668. The van der Waals surface area contributed by atoms with Crippen LogP contribution in [0.2, 0.25) is 0 Å². The van der Waals surface area contributed by atoms with Gasteiger partial charge in [-0.1, -0.05) is 279 Å². The van der Waals surface area contributed by atoms with E-state index < -0.39 is 0 Å². The van der Waals surface area contributed by atoms with Gasteiger partial charge in [0.1, 0.15) is 67.0 Å². The van der Waals surface area contributed by atoms with Gasteiger partial charge >= 0.3 is 0 Å². The maximum absolute atomic E-state index is 6.62. The third-order valence-electron chi connectivity index (χ3n) is 24.2. The van der Waals surface area contributed by atoms with E-state index in [9.17, 15) is 0 Å². The molecule has 18 aromatic carbocycles. The van der Waals surface area contributed by atoms with E-state index in [2.05, 4.69) is 243 Å². The molecule has 0 atom stereocenters. The quantitative estimate of drug-likeness (QED) is 0.114. The zero-order valence-corrected chi connectivity index (χ0v) is 67.2. The van der Waals surface area contributed by atoms with Crippen LogP contribution < -0.4 is 0 Å². The van der Waals surface area contributed by atoms with Gasteiger partial charge < -0.3 is 26.5 Å². The van der Waals surface area contributed by atoms with E-state index in [-0.39, 0.29) is 0 Å². The first-order valence-corrected chi connectivity index (χ1v) is 42.0. The summed E-state index contributed by atoms with van der Waals surface area (Å²) in [7, 11) is 0. The van der Waals surface area contributed by atoms with Crippen LogP contribution in [-0.2, 0) is 0 Å². The molecule has 0 unspecified atom stereocenters. The van der Waals surface area contributed by atoms with E-state index in [1.807, 2.05) is 158 Å². The number of hydrogen-bond acceptors (Lipinski definition) is 12. The van der Waals surface area contributed by atoms with Crippen LogP contribution in [0.3, 0.4) is 0 Å². The van der Waals surface area contributed by atoms with Gasteiger partial charge in [-0.2, -0.15) is 0 Å². The fraction of sp³-hybridized carbons (Fsp3) is 0. The molecule has 0 N–H and O–H groups in total. The first-order valence-electron chi connectivity index (χ1n) is 42.0. The predicted octanol–water partition coefficient (Wildman–Crippen LogP) is 31.1. The molecule has 26 aromatic rings. The van der Waals surface area contributed by atoms with Crippen molar-refractivity contribution in [2.24, 2.45) is 0 Å². The van der Waals surface area contributed by atoms with Crippen molar-refractivity contribution in [3.8, 4) is 135 Å². The highest BCUT2D eigenvalue weighted by Gasteiger charge is 2.24. The van der Waals surface area contributed by atoms with Crippen molar-refractivity contribution in [1.82, 2.24) is 29.9 Å². The highest BCUT2D eigenvalue weighted by atomic mass is 16.3. The van der Waals surface area contributed by atoms with E-state index in [0.717, 1.165) is 232 Å². The number of para-hydroxylation sites is 9. The summed E-state index contributed by atoms with van der Waals surface area (Å²) in [6, 6.07) is 137. The number of furan rings is 6. The zero-order chi connectivity index (χ0) is 82.9. The van der Waals surface area contributed by atoms with Crippen molar-refractivity contribution in [3.63, 3.8) is 0 Å². The Morgan fingerprint density at radius 2 is 0.341 bits per heavy atom. The van der Waals surface area contributed by atoms with Gasteiger partial charge in [0, 0.05) is 115 Å². The average Bonchev–Trinajstić information content (AvgIpc) is 1.58. The monoisotopic (exact) mass is 1610 g/mol. The van der Waals surface area contributed by atoms with Crippen molar-refractivity contribution in [2.75, 3.05) is 0 Å². The molecule has 0 aliphatic rings. The van der Waals surface area contributed by atoms with Gasteiger partial charge in [-0.3, -0.25) is 0 Å². The molecule has 126 heavy (non-hydrogen) atoms. The van der Waals surface area contributed by atoms with Gasteiger partial charge in [0.25, 0.3) is 0 Å². The summed E-state index contributed by atoms with van der Waals surface area (Å²) in [4.78, 5) is 31.3. The van der Waals surface area contributed by atoms with Crippen LogP contribution in [-0.4, -0.2) is 29.9 Å². The largest absolute Gasteiger partial charge is 0.456 e. The number of nitrogens with zero attached hydrogens (tertiary/aromatic N) is 6. The molecule has 12 heteroatoms. The molecule has 0 spiro atoms. The number of benzene rings is 18. The molecule has 588 valence electrons. The molecule has 0 aliphatic carbocycles. The number of hydrogen-bond donors (Lipinski definition) is 0. The lowest BCUT2D eigenvalue weighted by Gasteiger charge is -2.13. The van der Waals surface area contributed by atoms with Crippen LogP contribution in [0, 0.1) is 0 Å². The summed E-state index contributed by atoms with van der Waals surface area (Å²) < 4.78 is 38.3. The molecule has 0 bridgehead atoms. The molecule has 0 amide bonds. The summed E-state index contributed by atoms with van der Waals surface area (Å²) in [6.45, 7) is 0. The predicted molar refractivity (Wildman–Crippen MR) is 509 cm³/mol. The Labute approximate surface area is 718 Å². The molecular weight excluding hydrogens is 1550 g/mol. The average molecular weight is 1620 g/mol. The molecule has 0 saturated carbocycles. The van der Waals surface area contributed by atoms with Gasteiger partial charge in [-0.15, -0.1) is 0 Å². The van der Waals surface area contributed by atoms with Gasteiger partial charge in [-0.05, 0) is 171 Å². The molecule has 12 nitrogen and oxygen atoms in total. The number of rotatable bonds is 12. The van der Waals surface area contributed by atoms with Gasteiger partial charge in [0.15, 0.2) is 34.9 Å². The van der Waals surface area contributed by atoms with Crippen LogP contribution in [0.4, 0.5) is 0 Å². The summed E-state index contributed by atoms with van der Waals surface area (Å²) in [5.74, 6) is 3.43.